The van der Waals surface area contributed by atoms with Crippen molar-refractivity contribution in [3.8, 4) is 0 Å². The number of carbonyl (C=O) groups excluding carboxylic acids is 2. The van der Waals surface area contributed by atoms with E-state index < -0.39 is 0 Å². The Bertz CT molecular complexity index is 861. The molecule has 29 heavy (non-hydrogen) atoms. The molecule has 1 aliphatic carbocycles. The third-order valence-corrected chi connectivity index (χ3v) is 5.64. The van der Waals surface area contributed by atoms with Gasteiger partial charge in [-0.15, -0.1) is 12.4 Å². The Hall–Kier alpha value is -2.38. The zero-order valence-electron chi connectivity index (χ0n) is 16.4. The van der Waals surface area contributed by atoms with Crippen LogP contribution < -0.4 is 16.0 Å². The molecule has 1 saturated carbocycles. The van der Waals surface area contributed by atoms with E-state index in [0.717, 1.165) is 61.2 Å². The highest BCUT2D eigenvalue weighted by Crippen LogP contribution is 2.25. The van der Waals surface area contributed by atoms with Gasteiger partial charge in [0.1, 0.15) is 0 Å². The summed E-state index contributed by atoms with van der Waals surface area (Å²) in [6.45, 7) is 1.95. The molecule has 1 fully saturated rings. The van der Waals surface area contributed by atoms with Crippen LogP contribution in [-0.2, 0) is 24.3 Å². The normalized spacial score (nSPS) is 16.4. The van der Waals surface area contributed by atoms with Crippen LogP contribution in [0.4, 0.5) is 5.69 Å². The van der Waals surface area contributed by atoms with Crippen molar-refractivity contribution in [2.24, 2.45) is 5.92 Å². The van der Waals surface area contributed by atoms with Crippen LogP contribution in [0, 0.1) is 5.92 Å². The SMILES string of the molecule is Cl.O=C(NCc1cccc(NC(=O)C2CCCCC2)c1)c1n[nH]c2c1CNCC2. The molecule has 0 unspecified atom stereocenters. The van der Waals surface area contributed by atoms with Crippen molar-refractivity contribution in [3.63, 3.8) is 0 Å². The van der Waals surface area contributed by atoms with Gasteiger partial charge >= 0.3 is 0 Å². The Labute approximate surface area is 176 Å². The largest absolute Gasteiger partial charge is 0.347 e. The number of H-pyrrole nitrogens is 1. The number of benzene rings is 1. The van der Waals surface area contributed by atoms with Gasteiger partial charge in [0.25, 0.3) is 5.91 Å². The lowest BCUT2D eigenvalue weighted by Gasteiger charge is -2.20. The van der Waals surface area contributed by atoms with Crippen molar-refractivity contribution < 1.29 is 9.59 Å². The number of aromatic nitrogens is 2. The standard InChI is InChI=1S/C21H27N5O2.ClH/c27-20(15-6-2-1-3-7-15)24-16-8-4-5-14(11-16)12-23-21(28)19-17-13-22-10-9-18(17)25-26-19;/h4-5,8,11,15,22H,1-3,6-7,9-10,12-13H2,(H,23,28)(H,24,27)(H,25,26);1H. The maximum atomic E-state index is 12.5. The molecule has 8 heteroatoms. The van der Waals surface area contributed by atoms with Gasteiger partial charge in [-0.2, -0.15) is 5.10 Å². The molecule has 2 amide bonds. The fourth-order valence-corrected chi connectivity index (χ4v) is 4.05. The lowest BCUT2D eigenvalue weighted by atomic mass is 9.88. The zero-order chi connectivity index (χ0) is 19.3. The Balaban J connectivity index is 0.00000240. The highest BCUT2D eigenvalue weighted by atomic mass is 35.5. The summed E-state index contributed by atoms with van der Waals surface area (Å²) in [6, 6.07) is 7.65. The number of hydrogen-bond acceptors (Lipinski definition) is 4. The molecule has 2 aliphatic rings. The third kappa shape index (κ3) is 5.16. The number of nitrogens with one attached hydrogen (secondary N) is 4. The molecule has 1 aromatic carbocycles. The highest BCUT2D eigenvalue weighted by Gasteiger charge is 2.22. The van der Waals surface area contributed by atoms with Crippen molar-refractivity contribution >= 4 is 29.9 Å². The molecule has 2 aromatic rings. The highest BCUT2D eigenvalue weighted by molar-refractivity contribution is 5.94. The summed E-state index contributed by atoms with van der Waals surface area (Å²) in [7, 11) is 0. The smallest absolute Gasteiger partial charge is 0.272 e. The summed E-state index contributed by atoms with van der Waals surface area (Å²) in [5.41, 5.74) is 4.18. The number of carbonyl (C=O) groups is 2. The maximum Gasteiger partial charge on any atom is 0.272 e. The van der Waals surface area contributed by atoms with Gasteiger partial charge < -0.3 is 16.0 Å². The average Bonchev–Trinajstić information content (AvgIpc) is 3.17. The number of fused-ring (bicyclic) bond motifs is 1. The molecular formula is C21H28ClN5O2. The fourth-order valence-electron chi connectivity index (χ4n) is 4.05. The van der Waals surface area contributed by atoms with Crippen LogP contribution >= 0.6 is 12.4 Å². The Morgan fingerprint density at radius 3 is 2.83 bits per heavy atom. The summed E-state index contributed by atoms with van der Waals surface area (Å²) in [5, 5.41) is 16.4. The first kappa shape index (κ1) is 21.3. The molecule has 0 atom stereocenters. The molecule has 1 aromatic heterocycles. The van der Waals surface area contributed by atoms with Crippen molar-refractivity contribution in [3.05, 3.63) is 46.8 Å². The summed E-state index contributed by atoms with van der Waals surface area (Å²) < 4.78 is 0. The Kier molecular flexibility index (Phi) is 7.28. The predicted molar refractivity (Wildman–Crippen MR) is 114 cm³/mol. The van der Waals surface area contributed by atoms with E-state index in [9.17, 15) is 9.59 Å². The number of anilines is 1. The molecule has 1 aliphatic heterocycles. The van der Waals surface area contributed by atoms with E-state index >= 15 is 0 Å². The molecule has 0 bridgehead atoms. The van der Waals surface area contributed by atoms with Crippen molar-refractivity contribution in [2.45, 2.75) is 51.6 Å². The number of halogens is 1. The van der Waals surface area contributed by atoms with Gasteiger partial charge in [-0.05, 0) is 30.5 Å². The molecule has 4 rings (SSSR count). The second-order valence-corrected chi connectivity index (χ2v) is 7.66. The number of hydrogen-bond donors (Lipinski definition) is 4. The molecule has 7 nitrogen and oxygen atoms in total. The molecule has 0 saturated heterocycles. The topological polar surface area (TPSA) is 98.9 Å². The molecular weight excluding hydrogens is 390 g/mol. The van der Waals surface area contributed by atoms with Crippen LogP contribution in [0.3, 0.4) is 0 Å². The van der Waals surface area contributed by atoms with Crippen LogP contribution in [0.5, 0.6) is 0 Å². The lowest BCUT2D eigenvalue weighted by molar-refractivity contribution is -0.120. The quantitative estimate of drug-likeness (QED) is 0.601. The van der Waals surface area contributed by atoms with E-state index in [-0.39, 0.29) is 30.1 Å². The van der Waals surface area contributed by atoms with Gasteiger partial charge in [-0.25, -0.2) is 0 Å². The van der Waals surface area contributed by atoms with Gasteiger partial charge in [-0.1, -0.05) is 31.4 Å². The minimum Gasteiger partial charge on any atom is -0.347 e. The monoisotopic (exact) mass is 417 g/mol. The second-order valence-electron chi connectivity index (χ2n) is 7.66. The van der Waals surface area contributed by atoms with Gasteiger partial charge in [0, 0.05) is 48.9 Å². The van der Waals surface area contributed by atoms with Crippen LogP contribution in [-0.4, -0.2) is 28.6 Å². The van der Waals surface area contributed by atoms with Crippen molar-refractivity contribution in [1.29, 1.82) is 0 Å². The third-order valence-electron chi connectivity index (χ3n) is 5.64. The lowest BCUT2D eigenvalue weighted by Crippen LogP contribution is -2.28. The molecule has 4 N–H and O–H groups in total. The van der Waals surface area contributed by atoms with Crippen LogP contribution in [0.2, 0.25) is 0 Å². The van der Waals surface area contributed by atoms with E-state index in [2.05, 4.69) is 26.1 Å². The van der Waals surface area contributed by atoms with Crippen LogP contribution in [0.15, 0.2) is 24.3 Å². The first-order valence-electron chi connectivity index (χ1n) is 10.2. The van der Waals surface area contributed by atoms with Crippen LogP contribution in [0.25, 0.3) is 0 Å². The van der Waals surface area contributed by atoms with E-state index in [0.29, 0.717) is 18.8 Å². The summed E-state index contributed by atoms with van der Waals surface area (Å²) in [5.74, 6) is 0.0472. The Morgan fingerprint density at radius 1 is 1.17 bits per heavy atom. The summed E-state index contributed by atoms with van der Waals surface area (Å²) in [4.78, 5) is 25.0. The first-order valence-corrected chi connectivity index (χ1v) is 10.2. The molecule has 0 radical (unpaired) electrons. The minimum atomic E-state index is -0.183. The summed E-state index contributed by atoms with van der Waals surface area (Å²) >= 11 is 0. The van der Waals surface area contributed by atoms with Gasteiger partial charge in [-0.3, -0.25) is 14.7 Å². The van der Waals surface area contributed by atoms with Crippen LogP contribution in [0.1, 0.15) is 59.4 Å². The average molecular weight is 418 g/mol. The maximum absolute atomic E-state index is 12.5. The number of amides is 2. The van der Waals surface area contributed by atoms with E-state index in [1.807, 2.05) is 24.3 Å². The predicted octanol–water partition coefficient (Wildman–Crippen LogP) is 2.93. The van der Waals surface area contributed by atoms with Gasteiger partial charge in [0.2, 0.25) is 5.91 Å². The van der Waals surface area contributed by atoms with E-state index in [1.165, 1.54) is 6.42 Å². The van der Waals surface area contributed by atoms with Crippen molar-refractivity contribution in [2.75, 3.05) is 11.9 Å². The Morgan fingerprint density at radius 2 is 2.00 bits per heavy atom. The zero-order valence-corrected chi connectivity index (χ0v) is 17.2. The second kappa shape index (κ2) is 9.89. The van der Waals surface area contributed by atoms with E-state index in [1.54, 1.807) is 0 Å². The fraction of sp³-hybridized carbons (Fsp3) is 0.476. The molecule has 156 valence electrons. The van der Waals surface area contributed by atoms with Gasteiger partial charge in [0.15, 0.2) is 5.69 Å². The number of rotatable bonds is 5. The van der Waals surface area contributed by atoms with Gasteiger partial charge in [0.05, 0.1) is 0 Å². The molecule has 0 spiro atoms. The number of nitrogens with zero attached hydrogens (tertiary/aromatic N) is 1. The number of aromatic amines is 1. The first-order chi connectivity index (χ1) is 13.7. The summed E-state index contributed by atoms with van der Waals surface area (Å²) in [6.07, 6.45) is 6.31. The minimum absolute atomic E-state index is 0. The van der Waals surface area contributed by atoms with Crippen molar-refractivity contribution in [1.82, 2.24) is 20.8 Å². The van der Waals surface area contributed by atoms with E-state index in [4.69, 9.17) is 0 Å². The molecule has 2 heterocycles.